The molecule has 0 aliphatic carbocycles. The summed E-state index contributed by atoms with van der Waals surface area (Å²) >= 11 is 0. The molecule has 2 nitrogen and oxygen atoms in total. The number of nitrogens with zero attached hydrogens (tertiary/aromatic N) is 1. The minimum Gasteiger partial charge on any atom is -0.456 e. The molecule has 0 radical (unpaired) electrons. The zero-order chi connectivity index (χ0) is 38.7. The summed E-state index contributed by atoms with van der Waals surface area (Å²) in [6.07, 6.45) is 0. The number of hydrogen-bond acceptors (Lipinski definition) is 2. The predicted octanol–water partition coefficient (Wildman–Crippen LogP) is 15.9. The standard InChI is InChI=1S/C56H39NO/c1-4-14-40(15-5-1)42-24-26-46(27-25-42)52-21-11-12-22-54(52)57(49-33-28-43(29-34-49)41-16-6-2-7-17-41)50-35-30-44(31-36-50)47-32-37-51(45-18-8-3-9-19-45)53(38-47)56-39-48-20-10-13-23-55(48)58-56/h1-39H. The molecular formula is C56H39NO. The zero-order valence-electron chi connectivity index (χ0n) is 31.9. The van der Waals surface area contributed by atoms with Gasteiger partial charge in [-0.25, -0.2) is 0 Å². The van der Waals surface area contributed by atoms with Gasteiger partial charge < -0.3 is 9.32 Å². The Bertz CT molecular complexity index is 2920. The molecule has 0 fully saturated rings. The van der Waals surface area contributed by atoms with E-state index in [4.69, 9.17) is 4.42 Å². The van der Waals surface area contributed by atoms with E-state index in [0.29, 0.717) is 0 Å². The molecule has 0 amide bonds. The van der Waals surface area contributed by atoms with Gasteiger partial charge in [0.15, 0.2) is 0 Å². The van der Waals surface area contributed by atoms with E-state index >= 15 is 0 Å². The van der Waals surface area contributed by atoms with Gasteiger partial charge in [0.1, 0.15) is 11.3 Å². The minimum absolute atomic E-state index is 0.858. The molecule has 9 aromatic carbocycles. The molecule has 0 bridgehead atoms. The molecule has 58 heavy (non-hydrogen) atoms. The Kier molecular flexibility index (Phi) is 9.27. The monoisotopic (exact) mass is 741 g/mol. The van der Waals surface area contributed by atoms with Crippen LogP contribution in [0.25, 0.3) is 77.9 Å². The molecule has 1 heterocycles. The van der Waals surface area contributed by atoms with Gasteiger partial charge in [-0.3, -0.25) is 0 Å². The lowest BCUT2D eigenvalue weighted by atomic mass is 9.93. The van der Waals surface area contributed by atoms with Crippen LogP contribution in [-0.2, 0) is 0 Å². The summed E-state index contributed by atoms with van der Waals surface area (Å²) in [4.78, 5) is 2.37. The number of furan rings is 1. The summed E-state index contributed by atoms with van der Waals surface area (Å²) in [5.41, 5.74) is 16.9. The largest absolute Gasteiger partial charge is 0.456 e. The van der Waals surface area contributed by atoms with Crippen molar-refractivity contribution in [3.8, 4) is 67.0 Å². The molecule has 0 unspecified atom stereocenters. The molecule has 0 spiro atoms. The average Bonchev–Trinajstić information content (AvgIpc) is 3.75. The maximum atomic E-state index is 6.46. The van der Waals surface area contributed by atoms with E-state index in [-0.39, 0.29) is 0 Å². The van der Waals surface area contributed by atoms with Crippen molar-refractivity contribution in [2.75, 3.05) is 4.90 Å². The normalized spacial score (nSPS) is 11.1. The third kappa shape index (κ3) is 6.89. The first-order valence-corrected chi connectivity index (χ1v) is 19.7. The number of anilines is 3. The predicted molar refractivity (Wildman–Crippen MR) is 244 cm³/mol. The molecular weight excluding hydrogens is 703 g/mol. The van der Waals surface area contributed by atoms with Crippen molar-refractivity contribution in [1.29, 1.82) is 0 Å². The average molecular weight is 742 g/mol. The second kappa shape index (κ2) is 15.5. The zero-order valence-corrected chi connectivity index (χ0v) is 31.9. The number of benzene rings is 9. The van der Waals surface area contributed by atoms with E-state index in [1.165, 1.54) is 22.3 Å². The SMILES string of the molecule is c1ccc(-c2ccc(-c3ccccc3N(c3ccc(-c4ccccc4)cc3)c3ccc(-c4ccc(-c5ccccc5)c(-c5cc6ccccc6o5)c4)cc3)cc2)cc1. The van der Waals surface area contributed by atoms with Crippen molar-refractivity contribution in [2.45, 2.75) is 0 Å². The first kappa shape index (κ1) is 34.8. The van der Waals surface area contributed by atoms with Gasteiger partial charge in [0, 0.05) is 27.9 Å². The minimum atomic E-state index is 0.858. The van der Waals surface area contributed by atoms with E-state index in [9.17, 15) is 0 Å². The first-order valence-electron chi connectivity index (χ1n) is 19.7. The number of rotatable bonds is 9. The molecule has 0 aliphatic rings. The molecule has 0 saturated carbocycles. The highest BCUT2D eigenvalue weighted by atomic mass is 16.3. The van der Waals surface area contributed by atoms with Gasteiger partial charge in [-0.1, -0.05) is 188 Å². The van der Waals surface area contributed by atoms with Gasteiger partial charge in [-0.05, 0) is 98.6 Å². The van der Waals surface area contributed by atoms with Crippen molar-refractivity contribution in [3.05, 3.63) is 237 Å². The molecule has 10 rings (SSSR count). The molecule has 274 valence electrons. The van der Waals surface area contributed by atoms with E-state index in [0.717, 1.165) is 72.7 Å². The van der Waals surface area contributed by atoms with E-state index in [2.05, 4.69) is 229 Å². The number of hydrogen-bond donors (Lipinski definition) is 0. The smallest absolute Gasteiger partial charge is 0.136 e. The Hall–Kier alpha value is -7.68. The number of fused-ring (bicyclic) bond motifs is 1. The van der Waals surface area contributed by atoms with Gasteiger partial charge in [0.05, 0.1) is 5.69 Å². The van der Waals surface area contributed by atoms with Crippen molar-refractivity contribution >= 4 is 28.0 Å². The van der Waals surface area contributed by atoms with Crippen LogP contribution in [0, 0.1) is 0 Å². The Balaban J connectivity index is 1.06. The molecule has 0 aliphatic heterocycles. The van der Waals surface area contributed by atoms with Crippen LogP contribution >= 0.6 is 0 Å². The summed E-state index contributed by atoms with van der Waals surface area (Å²) in [6.45, 7) is 0. The fourth-order valence-corrected chi connectivity index (χ4v) is 7.96. The van der Waals surface area contributed by atoms with Crippen molar-refractivity contribution in [2.24, 2.45) is 0 Å². The van der Waals surface area contributed by atoms with Crippen molar-refractivity contribution in [3.63, 3.8) is 0 Å². The van der Waals surface area contributed by atoms with Crippen molar-refractivity contribution < 1.29 is 4.42 Å². The summed E-state index contributed by atoms with van der Waals surface area (Å²) < 4.78 is 6.46. The lowest BCUT2D eigenvalue weighted by Crippen LogP contribution is -2.11. The van der Waals surface area contributed by atoms with Crippen LogP contribution in [-0.4, -0.2) is 0 Å². The highest BCUT2D eigenvalue weighted by Crippen LogP contribution is 2.43. The molecule has 1 aromatic heterocycles. The lowest BCUT2D eigenvalue weighted by molar-refractivity contribution is 0.632. The fraction of sp³-hybridized carbons (Fsp3) is 0. The van der Waals surface area contributed by atoms with E-state index < -0.39 is 0 Å². The molecule has 0 saturated heterocycles. The van der Waals surface area contributed by atoms with Gasteiger partial charge >= 0.3 is 0 Å². The van der Waals surface area contributed by atoms with Crippen LogP contribution in [0.5, 0.6) is 0 Å². The van der Waals surface area contributed by atoms with Crippen molar-refractivity contribution in [1.82, 2.24) is 0 Å². The van der Waals surface area contributed by atoms with E-state index in [1.54, 1.807) is 0 Å². The summed E-state index contributed by atoms with van der Waals surface area (Å²) in [5, 5.41) is 1.09. The van der Waals surface area contributed by atoms with Crippen LogP contribution in [0.2, 0.25) is 0 Å². The highest BCUT2D eigenvalue weighted by Gasteiger charge is 2.19. The highest BCUT2D eigenvalue weighted by molar-refractivity contribution is 5.92. The summed E-state index contributed by atoms with van der Waals surface area (Å²) in [6, 6.07) is 84.2. The van der Waals surface area contributed by atoms with Crippen LogP contribution in [0.4, 0.5) is 17.1 Å². The van der Waals surface area contributed by atoms with Crippen LogP contribution in [0.3, 0.4) is 0 Å². The molecule has 10 aromatic rings. The molecule has 2 heteroatoms. The van der Waals surface area contributed by atoms with Crippen LogP contribution < -0.4 is 4.90 Å². The summed E-state index contributed by atoms with van der Waals surface area (Å²) in [5.74, 6) is 0.858. The van der Waals surface area contributed by atoms with Gasteiger partial charge in [-0.2, -0.15) is 0 Å². The maximum Gasteiger partial charge on any atom is 0.136 e. The molecule has 0 N–H and O–H groups in total. The second-order valence-electron chi connectivity index (χ2n) is 14.5. The Morgan fingerprint density at radius 3 is 1.31 bits per heavy atom. The van der Waals surface area contributed by atoms with Crippen LogP contribution in [0.1, 0.15) is 0 Å². The number of para-hydroxylation sites is 2. The molecule has 0 atom stereocenters. The first-order chi connectivity index (χ1) is 28.7. The van der Waals surface area contributed by atoms with Crippen LogP contribution in [0.15, 0.2) is 241 Å². The maximum absolute atomic E-state index is 6.46. The Morgan fingerprint density at radius 1 is 0.276 bits per heavy atom. The van der Waals surface area contributed by atoms with Gasteiger partial charge in [0.2, 0.25) is 0 Å². The summed E-state index contributed by atoms with van der Waals surface area (Å²) in [7, 11) is 0. The van der Waals surface area contributed by atoms with E-state index in [1.807, 2.05) is 12.1 Å². The van der Waals surface area contributed by atoms with Gasteiger partial charge in [-0.15, -0.1) is 0 Å². The topological polar surface area (TPSA) is 16.4 Å². The Labute approximate surface area is 339 Å². The third-order valence-electron chi connectivity index (χ3n) is 10.9. The fourth-order valence-electron chi connectivity index (χ4n) is 7.96. The second-order valence-corrected chi connectivity index (χ2v) is 14.5. The quantitative estimate of drug-likeness (QED) is 0.146. The Morgan fingerprint density at radius 2 is 0.707 bits per heavy atom. The third-order valence-corrected chi connectivity index (χ3v) is 10.9. The van der Waals surface area contributed by atoms with Gasteiger partial charge in [0.25, 0.3) is 0 Å². The lowest BCUT2D eigenvalue weighted by Gasteiger charge is -2.28.